The van der Waals surface area contributed by atoms with Crippen molar-refractivity contribution in [3.8, 4) is 0 Å². The quantitative estimate of drug-likeness (QED) is 0.881. The molecule has 0 aliphatic carbocycles. The molecule has 2 rings (SSSR count). The van der Waals surface area contributed by atoms with Crippen molar-refractivity contribution >= 4 is 15.9 Å². The highest BCUT2D eigenvalue weighted by Gasteiger charge is 2.13. The maximum atomic E-state index is 10.3. The van der Waals surface area contributed by atoms with E-state index in [4.69, 9.17) is 0 Å². The molecular weight excluding hydrogens is 316 g/mol. The van der Waals surface area contributed by atoms with Crippen molar-refractivity contribution in [2.75, 3.05) is 20.1 Å². The van der Waals surface area contributed by atoms with Gasteiger partial charge in [-0.25, -0.2) is 0 Å². The molecule has 4 heteroatoms. The molecule has 106 valence electrons. The standard InChI is InChI=1S/C16H19BrN2O/c1-19(11-9-13-6-4-5-10-18-13)12-16(20)14-7-2-3-8-15(14)17/h2-8,10,16,20H,9,11-12H2,1H3. The van der Waals surface area contributed by atoms with Crippen LogP contribution in [0.15, 0.2) is 53.1 Å². The number of halogens is 1. The molecule has 0 radical (unpaired) electrons. The van der Waals surface area contributed by atoms with Gasteiger partial charge in [0.25, 0.3) is 0 Å². The van der Waals surface area contributed by atoms with Crippen molar-refractivity contribution in [1.29, 1.82) is 0 Å². The zero-order valence-corrected chi connectivity index (χ0v) is 13.1. The van der Waals surface area contributed by atoms with Gasteiger partial charge in [0.1, 0.15) is 0 Å². The number of pyridine rings is 1. The van der Waals surface area contributed by atoms with Gasteiger partial charge in [-0.1, -0.05) is 40.2 Å². The maximum Gasteiger partial charge on any atom is 0.0927 e. The Hall–Kier alpha value is -1.23. The van der Waals surface area contributed by atoms with Crippen LogP contribution in [0.5, 0.6) is 0 Å². The number of benzene rings is 1. The molecule has 0 saturated carbocycles. The molecule has 3 nitrogen and oxygen atoms in total. The normalized spacial score (nSPS) is 12.6. The molecule has 0 spiro atoms. The van der Waals surface area contributed by atoms with Crippen molar-refractivity contribution in [3.63, 3.8) is 0 Å². The van der Waals surface area contributed by atoms with Gasteiger partial charge in [0, 0.05) is 35.9 Å². The molecule has 1 heterocycles. The number of aliphatic hydroxyl groups excluding tert-OH is 1. The fraction of sp³-hybridized carbons (Fsp3) is 0.312. The number of aliphatic hydroxyl groups is 1. The molecule has 0 aliphatic rings. The Morgan fingerprint density at radius 3 is 2.65 bits per heavy atom. The SMILES string of the molecule is CN(CCc1ccccn1)CC(O)c1ccccc1Br. The molecule has 2 aromatic rings. The molecule has 20 heavy (non-hydrogen) atoms. The van der Waals surface area contributed by atoms with Gasteiger partial charge < -0.3 is 10.0 Å². The van der Waals surface area contributed by atoms with E-state index in [1.165, 1.54) is 0 Å². The first-order valence-electron chi connectivity index (χ1n) is 6.68. The van der Waals surface area contributed by atoms with E-state index in [1.54, 1.807) is 0 Å². The Balaban J connectivity index is 1.85. The van der Waals surface area contributed by atoms with Crippen LogP contribution in [0.3, 0.4) is 0 Å². The van der Waals surface area contributed by atoms with Crippen LogP contribution in [0.4, 0.5) is 0 Å². The molecule has 0 bridgehead atoms. The summed E-state index contributed by atoms with van der Waals surface area (Å²) in [4.78, 5) is 6.43. The predicted octanol–water partition coefficient (Wildman–Crippen LogP) is 3.05. The highest BCUT2D eigenvalue weighted by Crippen LogP contribution is 2.23. The summed E-state index contributed by atoms with van der Waals surface area (Å²) >= 11 is 3.47. The summed E-state index contributed by atoms with van der Waals surface area (Å²) in [6, 6.07) is 13.7. The molecule has 0 fully saturated rings. The van der Waals surface area contributed by atoms with Gasteiger partial charge in [-0.3, -0.25) is 4.98 Å². The van der Waals surface area contributed by atoms with Crippen LogP contribution < -0.4 is 0 Å². The molecule has 1 atom stereocenters. The number of rotatable bonds is 6. The molecule has 0 saturated heterocycles. The first-order valence-corrected chi connectivity index (χ1v) is 7.47. The summed E-state index contributed by atoms with van der Waals surface area (Å²) in [7, 11) is 2.02. The summed E-state index contributed by atoms with van der Waals surface area (Å²) in [6.07, 6.45) is 2.21. The Kier molecular flexibility index (Phi) is 5.71. The molecule has 1 unspecified atom stereocenters. The minimum absolute atomic E-state index is 0.487. The number of hydrogen-bond donors (Lipinski definition) is 1. The van der Waals surface area contributed by atoms with Gasteiger partial charge in [-0.05, 0) is 30.8 Å². The molecule has 1 aromatic carbocycles. The van der Waals surface area contributed by atoms with Gasteiger partial charge in [0.05, 0.1) is 6.10 Å². The lowest BCUT2D eigenvalue weighted by atomic mass is 10.1. The van der Waals surface area contributed by atoms with Gasteiger partial charge in [-0.15, -0.1) is 0 Å². The van der Waals surface area contributed by atoms with E-state index < -0.39 is 6.10 Å². The Morgan fingerprint density at radius 2 is 1.95 bits per heavy atom. The summed E-state index contributed by atoms with van der Waals surface area (Å²) in [6.45, 7) is 1.48. The maximum absolute atomic E-state index is 10.3. The number of aromatic nitrogens is 1. The molecule has 0 amide bonds. The largest absolute Gasteiger partial charge is 0.387 e. The zero-order valence-electron chi connectivity index (χ0n) is 11.5. The van der Waals surface area contributed by atoms with E-state index in [-0.39, 0.29) is 0 Å². The van der Waals surface area contributed by atoms with Gasteiger partial charge in [-0.2, -0.15) is 0 Å². The average Bonchev–Trinajstić information content (AvgIpc) is 2.46. The molecular formula is C16H19BrN2O. The number of nitrogens with zero attached hydrogens (tertiary/aromatic N) is 2. The highest BCUT2D eigenvalue weighted by molar-refractivity contribution is 9.10. The fourth-order valence-electron chi connectivity index (χ4n) is 2.08. The number of likely N-dealkylation sites (N-methyl/N-ethyl adjacent to an activating group) is 1. The van der Waals surface area contributed by atoms with Crippen molar-refractivity contribution in [3.05, 3.63) is 64.4 Å². The first kappa shape index (κ1) is 15.2. The second-order valence-corrected chi connectivity index (χ2v) is 5.72. The minimum atomic E-state index is -0.487. The lowest BCUT2D eigenvalue weighted by molar-refractivity contribution is 0.126. The fourth-order valence-corrected chi connectivity index (χ4v) is 2.63. The van der Waals surface area contributed by atoms with Crippen LogP contribution in [-0.4, -0.2) is 35.1 Å². The first-order chi connectivity index (χ1) is 9.66. The van der Waals surface area contributed by atoms with Crippen molar-refractivity contribution in [2.24, 2.45) is 0 Å². The van der Waals surface area contributed by atoms with E-state index in [0.717, 1.165) is 28.7 Å². The van der Waals surface area contributed by atoms with Crippen LogP contribution in [0.2, 0.25) is 0 Å². The molecule has 0 aliphatic heterocycles. The lowest BCUT2D eigenvalue weighted by Crippen LogP contribution is -2.27. The van der Waals surface area contributed by atoms with E-state index in [9.17, 15) is 5.11 Å². The topological polar surface area (TPSA) is 36.4 Å². The highest BCUT2D eigenvalue weighted by atomic mass is 79.9. The van der Waals surface area contributed by atoms with E-state index in [1.807, 2.05) is 55.7 Å². The van der Waals surface area contributed by atoms with E-state index in [0.29, 0.717) is 6.54 Å². The second-order valence-electron chi connectivity index (χ2n) is 4.87. The summed E-state index contributed by atoms with van der Waals surface area (Å²) in [5, 5.41) is 10.3. The van der Waals surface area contributed by atoms with Gasteiger partial charge >= 0.3 is 0 Å². The monoisotopic (exact) mass is 334 g/mol. The molecule has 1 aromatic heterocycles. The van der Waals surface area contributed by atoms with Crippen molar-refractivity contribution in [2.45, 2.75) is 12.5 Å². The summed E-state index contributed by atoms with van der Waals surface area (Å²) < 4.78 is 0.950. The van der Waals surface area contributed by atoms with Crippen LogP contribution >= 0.6 is 15.9 Å². The third kappa shape index (κ3) is 4.40. The Morgan fingerprint density at radius 1 is 1.20 bits per heavy atom. The number of hydrogen-bond acceptors (Lipinski definition) is 3. The smallest absolute Gasteiger partial charge is 0.0927 e. The van der Waals surface area contributed by atoms with Gasteiger partial charge in [0.2, 0.25) is 0 Å². The molecule has 1 N–H and O–H groups in total. The third-order valence-electron chi connectivity index (χ3n) is 3.22. The van der Waals surface area contributed by atoms with Crippen LogP contribution in [-0.2, 0) is 6.42 Å². The minimum Gasteiger partial charge on any atom is -0.387 e. The van der Waals surface area contributed by atoms with E-state index in [2.05, 4.69) is 25.8 Å². The van der Waals surface area contributed by atoms with Crippen molar-refractivity contribution < 1.29 is 5.11 Å². The third-order valence-corrected chi connectivity index (χ3v) is 3.95. The summed E-state index contributed by atoms with van der Waals surface area (Å²) in [5.74, 6) is 0. The van der Waals surface area contributed by atoms with E-state index >= 15 is 0 Å². The predicted molar refractivity (Wildman–Crippen MR) is 84.5 cm³/mol. The average molecular weight is 335 g/mol. The van der Waals surface area contributed by atoms with Crippen LogP contribution in [0.1, 0.15) is 17.4 Å². The van der Waals surface area contributed by atoms with Gasteiger partial charge in [0.15, 0.2) is 0 Å². The zero-order chi connectivity index (χ0) is 14.4. The Bertz CT molecular complexity index is 533. The van der Waals surface area contributed by atoms with Crippen molar-refractivity contribution in [1.82, 2.24) is 9.88 Å². The second kappa shape index (κ2) is 7.53. The lowest BCUT2D eigenvalue weighted by Gasteiger charge is -2.21. The van der Waals surface area contributed by atoms with Crippen LogP contribution in [0.25, 0.3) is 0 Å². The van der Waals surface area contributed by atoms with Crippen LogP contribution in [0, 0.1) is 0 Å². The summed E-state index contributed by atoms with van der Waals surface area (Å²) in [5.41, 5.74) is 2.01. The Labute approximate surface area is 128 Å².